The normalized spacial score (nSPS) is 16.6. The zero-order valence-corrected chi connectivity index (χ0v) is 19.2. The molecular weight excluding hydrogens is 475 g/mol. The number of nitrogens with one attached hydrogen (secondary N) is 2. The van der Waals surface area contributed by atoms with Crippen LogP contribution in [0.25, 0.3) is 0 Å². The molecular formula is C23H19ClF3N3O2S. The molecule has 33 heavy (non-hydrogen) atoms. The summed E-state index contributed by atoms with van der Waals surface area (Å²) < 4.78 is 70.9. The third kappa shape index (κ3) is 4.30. The molecule has 1 aliphatic rings. The number of aliphatic imine (C=N–C) groups is 1. The van der Waals surface area contributed by atoms with E-state index >= 15 is 0 Å². The fraction of sp³-hybridized carbons (Fsp3) is 0.174. The lowest BCUT2D eigenvalue weighted by molar-refractivity contribution is 0.585. The molecule has 10 heteroatoms. The number of hydrogen-bond acceptors (Lipinski definition) is 3. The molecule has 0 saturated heterocycles. The summed E-state index contributed by atoms with van der Waals surface area (Å²) in [7, 11) is -4.08. The number of fused-ring (bicyclic) bond motifs is 1. The highest BCUT2D eigenvalue weighted by Gasteiger charge is 2.32. The zero-order chi connectivity index (χ0) is 23.9. The highest BCUT2D eigenvalue weighted by molar-refractivity contribution is 7.90. The van der Waals surface area contributed by atoms with Crippen LogP contribution in [0.3, 0.4) is 0 Å². The Labute approximate surface area is 194 Å². The SMILES string of the molecule is Cc1c(F)cccc1CN=C1Nc2c(ccc(F)c2[C@H](C)c2cccc(F)c2Cl)S(=O)(=O)N1. The van der Waals surface area contributed by atoms with Gasteiger partial charge in [0.05, 0.1) is 17.3 Å². The van der Waals surface area contributed by atoms with E-state index in [1.807, 2.05) is 0 Å². The maximum atomic E-state index is 15.0. The van der Waals surface area contributed by atoms with Crippen molar-refractivity contribution in [1.82, 2.24) is 4.72 Å². The average molecular weight is 494 g/mol. The van der Waals surface area contributed by atoms with Crippen molar-refractivity contribution in [3.63, 3.8) is 0 Å². The number of benzene rings is 3. The van der Waals surface area contributed by atoms with Crippen molar-refractivity contribution >= 4 is 33.3 Å². The molecule has 172 valence electrons. The van der Waals surface area contributed by atoms with Crippen LogP contribution in [0.2, 0.25) is 5.02 Å². The number of nitrogens with zero attached hydrogens (tertiary/aromatic N) is 1. The van der Waals surface area contributed by atoms with Crippen LogP contribution in [-0.2, 0) is 16.6 Å². The maximum Gasteiger partial charge on any atom is 0.266 e. The smallest absolute Gasteiger partial charge is 0.266 e. The second-order valence-electron chi connectivity index (χ2n) is 7.62. The van der Waals surface area contributed by atoms with Gasteiger partial charge in [-0.3, -0.25) is 0 Å². The zero-order valence-electron chi connectivity index (χ0n) is 17.6. The van der Waals surface area contributed by atoms with Crippen molar-refractivity contribution < 1.29 is 21.6 Å². The van der Waals surface area contributed by atoms with E-state index in [1.54, 1.807) is 26.0 Å². The minimum Gasteiger partial charge on any atom is -0.324 e. The molecule has 1 heterocycles. The molecule has 0 aromatic heterocycles. The van der Waals surface area contributed by atoms with Gasteiger partial charge in [-0.2, -0.15) is 0 Å². The molecule has 3 aromatic carbocycles. The van der Waals surface area contributed by atoms with E-state index in [4.69, 9.17) is 11.6 Å². The monoisotopic (exact) mass is 493 g/mol. The fourth-order valence-corrected chi connectivity index (χ4v) is 5.19. The highest BCUT2D eigenvalue weighted by atomic mass is 35.5. The lowest BCUT2D eigenvalue weighted by Crippen LogP contribution is -2.41. The third-order valence-electron chi connectivity index (χ3n) is 5.59. The first kappa shape index (κ1) is 23.1. The van der Waals surface area contributed by atoms with E-state index < -0.39 is 33.4 Å². The first-order chi connectivity index (χ1) is 15.6. The Balaban J connectivity index is 1.79. The van der Waals surface area contributed by atoms with Gasteiger partial charge in [0.15, 0.2) is 0 Å². The number of guanidine groups is 1. The summed E-state index contributed by atoms with van der Waals surface area (Å²) in [5, 5.41) is 2.67. The van der Waals surface area contributed by atoms with Crippen LogP contribution in [0.1, 0.15) is 35.1 Å². The van der Waals surface area contributed by atoms with Gasteiger partial charge in [-0.15, -0.1) is 0 Å². The number of anilines is 1. The molecule has 0 fully saturated rings. The van der Waals surface area contributed by atoms with Gasteiger partial charge in [0.25, 0.3) is 10.0 Å². The molecule has 0 bridgehead atoms. The molecule has 2 N–H and O–H groups in total. The highest BCUT2D eigenvalue weighted by Crippen LogP contribution is 2.40. The standard InChI is InChI=1S/C23H19ClF3N3O2S/c1-12-14(5-3-7-16(12)25)11-28-23-29-22-19(33(31,32)30-23)10-9-17(26)20(22)13(2)15-6-4-8-18(27)21(15)24/h3-10,13H,11H2,1-2H3,(H2,28,29,30)/t13-/m1/s1. The van der Waals surface area contributed by atoms with Crippen molar-refractivity contribution in [3.05, 3.63) is 93.3 Å². The number of hydrogen-bond donors (Lipinski definition) is 2. The van der Waals surface area contributed by atoms with E-state index in [1.165, 1.54) is 24.3 Å². The van der Waals surface area contributed by atoms with Gasteiger partial charge in [0.1, 0.15) is 22.3 Å². The summed E-state index contributed by atoms with van der Waals surface area (Å²) in [6.45, 7) is 3.18. The summed E-state index contributed by atoms with van der Waals surface area (Å²) in [5.74, 6) is -2.68. The van der Waals surface area contributed by atoms with E-state index in [0.29, 0.717) is 16.7 Å². The van der Waals surface area contributed by atoms with Crippen molar-refractivity contribution in [3.8, 4) is 0 Å². The predicted octanol–water partition coefficient (Wildman–Crippen LogP) is 5.48. The fourth-order valence-electron chi connectivity index (χ4n) is 3.75. The van der Waals surface area contributed by atoms with Crippen LogP contribution in [0, 0.1) is 24.4 Å². The predicted molar refractivity (Wildman–Crippen MR) is 122 cm³/mol. The van der Waals surface area contributed by atoms with Crippen LogP contribution in [0.4, 0.5) is 18.9 Å². The lowest BCUT2D eigenvalue weighted by atomic mass is 9.91. The van der Waals surface area contributed by atoms with Crippen molar-refractivity contribution in [2.75, 3.05) is 5.32 Å². The topological polar surface area (TPSA) is 70.6 Å². The van der Waals surface area contributed by atoms with Crippen LogP contribution < -0.4 is 10.0 Å². The molecule has 3 aromatic rings. The molecule has 1 atom stereocenters. The van der Waals surface area contributed by atoms with Gasteiger partial charge in [-0.05, 0) is 47.9 Å². The van der Waals surface area contributed by atoms with E-state index in [9.17, 15) is 21.6 Å². The first-order valence-electron chi connectivity index (χ1n) is 9.94. The van der Waals surface area contributed by atoms with E-state index in [2.05, 4.69) is 15.0 Å². The second kappa shape index (κ2) is 8.72. The minimum atomic E-state index is -4.08. The maximum absolute atomic E-state index is 15.0. The molecule has 0 unspecified atom stereocenters. The van der Waals surface area contributed by atoms with Crippen LogP contribution in [0.15, 0.2) is 58.4 Å². The van der Waals surface area contributed by atoms with Crippen molar-refractivity contribution in [1.29, 1.82) is 0 Å². The quantitative estimate of drug-likeness (QED) is 0.506. The van der Waals surface area contributed by atoms with Crippen LogP contribution in [-0.4, -0.2) is 14.4 Å². The third-order valence-corrected chi connectivity index (χ3v) is 7.37. The molecule has 5 nitrogen and oxygen atoms in total. The largest absolute Gasteiger partial charge is 0.324 e. The average Bonchev–Trinajstić information content (AvgIpc) is 2.75. The van der Waals surface area contributed by atoms with Gasteiger partial charge in [-0.1, -0.05) is 42.8 Å². The summed E-state index contributed by atoms with van der Waals surface area (Å²) in [4.78, 5) is 4.04. The van der Waals surface area contributed by atoms with E-state index in [-0.39, 0.29) is 33.7 Å². The molecule has 4 rings (SSSR count). The molecule has 0 saturated carbocycles. The van der Waals surface area contributed by atoms with E-state index in [0.717, 1.165) is 12.1 Å². The van der Waals surface area contributed by atoms with Gasteiger partial charge >= 0.3 is 0 Å². The molecule has 0 spiro atoms. The Morgan fingerprint density at radius 3 is 2.45 bits per heavy atom. The van der Waals surface area contributed by atoms with Crippen LogP contribution >= 0.6 is 11.6 Å². The van der Waals surface area contributed by atoms with Crippen molar-refractivity contribution in [2.45, 2.75) is 31.2 Å². The first-order valence-corrected chi connectivity index (χ1v) is 11.8. The summed E-state index contributed by atoms with van der Waals surface area (Å²) in [6, 6.07) is 10.9. The Morgan fingerprint density at radius 2 is 1.70 bits per heavy atom. The molecule has 0 aliphatic carbocycles. The Morgan fingerprint density at radius 1 is 1.00 bits per heavy atom. The summed E-state index contributed by atoms with van der Waals surface area (Å²) in [6.07, 6.45) is 0. The van der Waals surface area contributed by atoms with Gasteiger partial charge in [0, 0.05) is 11.5 Å². The Kier molecular flexibility index (Phi) is 6.11. The summed E-state index contributed by atoms with van der Waals surface area (Å²) in [5.41, 5.74) is 1.24. The second-order valence-corrected chi connectivity index (χ2v) is 9.65. The van der Waals surface area contributed by atoms with Gasteiger partial charge < -0.3 is 5.32 Å². The van der Waals surface area contributed by atoms with Gasteiger partial charge in [-0.25, -0.2) is 31.3 Å². The lowest BCUT2D eigenvalue weighted by Gasteiger charge is -2.27. The van der Waals surface area contributed by atoms with Crippen LogP contribution in [0.5, 0.6) is 0 Å². The van der Waals surface area contributed by atoms with Crippen molar-refractivity contribution in [2.24, 2.45) is 4.99 Å². The summed E-state index contributed by atoms with van der Waals surface area (Å²) >= 11 is 6.10. The Bertz CT molecular complexity index is 1390. The van der Waals surface area contributed by atoms with Gasteiger partial charge in [0.2, 0.25) is 5.96 Å². The minimum absolute atomic E-state index is 0.000267. The molecule has 0 amide bonds. The molecule has 0 radical (unpaired) electrons. The number of rotatable bonds is 4. The molecule has 1 aliphatic heterocycles. The number of halogens is 4. The Hall–Kier alpha value is -3.04. The number of sulfonamides is 1.